The van der Waals surface area contributed by atoms with Crippen molar-refractivity contribution in [3.63, 3.8) is 0 Å². The molecule has 2 aromatic carbocycles. The Labute approximate surface area is 169 Å². The predicted molar refractivity (Wildman–Crippen MR) is 114 cm³/mol. The average Bonchev–Trinajstić information content (AvgIpc) is 3.34. The van der Waals surface area contributed by atoms with Gasteiger partial charge < -0.3 is 0 Å². The lowest BCUT2D eigenvalue weighted by Gasteiger charge is -2.23. The summed E-state index contributed by atoms with van der Waals surface area (Å²) in [7, 11) is 0. The summed E-state index contributed by atoms with van der Waals surface area (Å²) < 4.78 is 2.03. The number of rotatable bonds is 6. The molecule has 7 heteroatoms. The zero-order valence-electron chi connectivity index (χ0n) is 16.3. The van der Waals surface area contributed by atoms with Gasteiger partial charge in [0.2, 0.25) is 0 Å². The van der Waals surface area contributed by atoms with Crippen molar-refractivity contribution in [2.24, 2.45) is 5.10 Å². The Bertz CT molecular complexity index is 980. The molecule has 1 aromatic heterocycles. The summed E-state index contributed by atoms with van der Waals surface area (Å²) in [6.07, 6.45) is 1.91. The number of hydrazine groups is 2. The Hall–Kier alpha value is -2.77. The SMILES string of the molecule is Cc1ccccc1-n1ncc(C2=NNNN2C(C)C)c1SCc1ccccc1. The summed E-state index contributed by atoms with van der Waals surface area (Å²) in [5.74, 6) is 1.71. The first kappa shape index (κ1) is 18.6. The minimum atomic E-state index is 0.252. The van der Waals surface area contributed by atoms with E-state index in [4.69, 9.17) is 5.10 Å². The van der Waals surface area contributed by atoms with Gasteiger partial charge in [0.15, 0.2) is 5.84 Å². The molecule has 0 saturated carbocycles. The van der Waals surface area contributed by atoms with Gasteiger partial charge >= 0.3 is 0 Å². The van der Waals surface area contributed by atoms with Gasteiger partial charge in [-0.1, -0.05) is 48.5 Å². The molecule has 28 heavy (non-hydrogen) atoms. The van der Waals surface area contributed by atoms with Crippen molar-refractivity contribution in [2.75, 3.05) is 0 Å². The normalized spacial score (nSPS) is 13.7. The van der Waals surface area contributed by atoms with E-state index < -0.39 is 0 Å². The number of hydrogen-bond acceptors (Lipinski definition) is 6. The Morgan fingerprint density at radius 3 is 2.54 bits per heavy atom. The fourth-order valence-electron chi connectivity index (χ4n) is 3.13. The quantitative estimate of drug-likeness (QED) is 0.624. The number of benzene rings is 2. The summed E-state index contributed by atoms with van der Waals surface area (Å²) in [5.41, 5.74) is 10.5. The molecule has 0 unspecified atom stereocenters. The van der Waals surface area contributed by atoms with Gasteiger partial charge in [-0.05, 0) is 38.0 Å². The molecule has 6 nitrogen and oxygen atoms in total. The van der Waals surface area contributed by atoms with E-state index in [-0.39, 0.29) is 6.04 Å². The summed E-state index contributed by atoms with van der Waals surface area (Å²) in [5, 5.41) is 12.3. The lowest BCUT2D eigenvalue weighted by molar-refractivity contribution is 0.246. The number of aromatic nitrogens is 2. The van der Waals surface area contributed by atoms with Crippen molar-refractivity contribution in [3.05, 3.63) is 77.5 Å². The van der Waals surface area contributed by atoms with Gasteiger partial charge in [0, 0.05) is 11.8 Å². The topological polar surface area (TPSA) is 57.5 Å². The molecule has 4 rings (SSSR count). The fourth-order valence-corrected chi connectivity index (χ4v) is 4.19. The second-order valence-corrected chi connectivity index (χ2v) is 7.92. The van der Waals surface area contributed by atoms with Crippen LogP contribution in [0.1, 0.15) is 30.5 Å². The molecule has 0 bridgehead atoms. The van der Waals surface area contributed by atoms with Crippen LogP contribution in [-0.4, -0.2) is 26.7 Å². The third-order valence-corrected chi connectivity index (χ3v) is 5.75. The van der Waals surface area contributed by atoms with Crippen LogP contribution >= 0.6 is 11.8 Å². The summed E-state index contributed by atoms with van der Waals surface area (Å²) in [6.45, 7) is 6.36. The number of thioether (sulfide) groups is 1. The van der Waals surface area contributed by atoms with E-state index in [0.29, 0.717) is 0 Å². The van der Waals surface area contributed by atoms with Gasteiger partial charge in [-0.3, -0.25) is 5.01 Å². The highest BCUT2D eigenvalue weighted by Gasteiger charge is 2.27. The van der Waals surface area contributed by atoms with Crippen molar-refractivity contribution in [2.45, 2.75) is 37.6 Å². The summed E-state index contributed by atoms with van der Waals surface area (Å²) >= 11 is 1.77. The number of aryl methyl sites for hydroxylation is 1. The number of hydrazone groups is 1. The van der Waals surface area contributed by atoms with E-state index in [1.54, 1.807) is 11.8 Å². The van der Waals surface area contributed by atoms with Crippen LogP contribution in [0.15, 0.2) is 70.9 Å². The molecule has 0 spiro atoms. The fraction of sp³-hybridized carbons (Fsp3) is 0.238. The van der Waals surface area contributed by atoms with E-state index >= 15 is 0 Å². The van der Waals surface area contributed by atoms with Crippen LogP contribution in [-0.2, 0) is 5.75 Å². The summed E-state index contributed by atoms with van der Waals surface area (Å²) in [6, 6.07) is 19.1. The number of nitrogens with one attached hydrogen (secondary N) is 2. The second-order valence-electron chi connectivity index (χ2n) is 6.96. The second kappa shape index (κ2) is 8.08. The highest BCUT2D eigenvalue weighted by Crippen LogP contribution is 2.31. The van der Waals surface area contributed by atoms with Crippen molar-refractivity contribution in [1.82, 2.24) is 25.9 Å². The van der Waals surface area contributed by atoms with Gasteiger partial charge in [-0.2, -0.15) is 5.10 Å². The molecule has 0 fully saturated rings. The van der Waals surface area contributed by atoms with Crippen LogP contribution in [0.2, 0.25) is 0 Å². The molecule has 2 heterocycles. The predicted octanol–water partition coefficient (Wildman–Crippen LogP) is 3.87. The highest BCUT2D eigenvalue weighted by molar-refractivity contribution is 7.98. The Morgan fingerprint density at radius 2 is 1.79 bits per heavy atom. The maximum Gasteiger partial charge on any atom is 0.177 e. The zero-order chi connectivity index (χ0) is 19.5. The van der Waals surface area contributed by atoms with Crippen LogP contribution in [0.5, 0.6) is 0 Å². The molecule has 0 atom stereocenters. The Kier molecular flexibility index (Phi) is 5.36. The standard InChI is InChI=1S/C21H24N6S/c1-15(2)26-20(23-24-25-26)18-13-22-27(19-12-8-7-9-16(19)3)21(18)28-14-17-10-5-4-6-11-17/h4-13,15,24-25H,14H2,1-3H3. The van der Waals surface area contributed by atoms with E-state index in [0.717, 1.165) is 27.9 Å². The first-order valence-corrected chi connectivity index (χ1v) is 10.3. The monoisotopic (exact) mass is 392 g/mol. The van der Waals surface area contributed by atoms with Crippen LogP contribution in [0.25, 0.3) is 5.69 Å². The maximum atomic E-state index is 4.73. The zero-order valence-corrected chi connectivity index (χ0v) is 17.1. The Balaban J connectivity index is 1.75. The van der Waals surface area contributed by atoms with Crippen molar-refractivity contribution in [1.29, 1.82) is 0 Å². The van der Waals surface area contributed by atoms with E-state index in [9.17, 15) is 0 Å². The lowest BCUT2D eigenvalue weighted by atomic mass is 10.2. The Morgan fingerprint density at radius 1 is 1.04 bits per heavy atom. The van der Waals surface area contributed by atoms with Gasteiger partial charge in [0.25, 0.3) is 0 Å². The van der Waals surface area contributed by atoms with E-state index in [2.05, 4.69) is 79.4 Å². The molecule has 0 aliphatic carbocycles. The van der Waals surface area contributed by atoms with Crippen molar-refractivity contribution < 1.29 is 0 Å². The molecule has 144 valence electrons. The van der Waals surface area contributed by atoms with Crippen LogP contribution in [0.3, 0.4) is 0 Å². The summed E-state index contributed by atoms with van der Waals surface area (Å²) in [4.78, 5) is 0. The minimum absolute atomic E-state index is 0.252. The number of amidine groups is 1. The largest absolute Gasteiger partial charge is 0.268 e. The third-order valence-electron chi connectivity index (χ3n) is 4.60. The third kappa shape index (κ3) is 3.63. The van der Waals surface area contributed by atoms with Crippen LogP contribution in [0, 0.1) is 6.92 Å². The average molecular weight is 393 g/mol. The number of para-hydroxylation sites is 1. The van der Waals surface area contributed by atoms with Crippen LogP contribution < -0.4 is 11.1 Å². The van der Waals surface area contributed by atoms with E-state index in [1.807, 2.05) is 28.0 Å². The lowest BCUT2D eigenvalue weighted by Crippen LogP contribution is -2.45. The maximum absolute atomic E-state index is 4.73. The molecule has 0 saturated heterocycles. The van der Waals surface area contributed by atoms with Gasteiger partial charge in [0.1, 0.15) is 5.03 Å². The van der Waals surface area contributed by atoms with Gasteiger partial charge in [-0.15, -0.1) is 22.4 Å². The molecular weight excluding hydrogens is 368 g/mol. The number of hydrogen-bond donors (Lipinski definition) is 2. The molecular formula is C21H24N6S. The molecule has 2 N–H and O–H groups in total. The first-order chi connectivity index (χ1) is 13.6. The minimum Gasteiger partial charge on any atom is -0.268 e. The van der Waals surface area contributed by atoms with E-state index in [1.165, 1.54) is 11.1 Å². The highest BCUT2D eigenvalue weighted by atomic mass is 32.2. The van der Waals surface area contributed by atoms with Gasteiger partial charge in [-0.25, -0.2) is 10.2 Å². The number of nitrogens with zero attached hydrogens (tertiary/aromatic N) is 4. The molecule has 1 aliphatic rings. The smallest absolute Gasteiger partial charge is 0.177 e. The molecule has 1 aliphatic heterocycles. The van der Waals surface area contributed by atoms with Crippen molar-refractivity contribution >= 4 is 17.6 Å². The molecule has 0 radical (unpaired) electrons. The first-order valence-electron chi connectivity index (χ1n) is 9.34. The van der Waals surface area contributed by atoms with Gasteiger partial charge in [0.05, 0.1) is 17.4 Å². The van der Waals surface area contributed by atoms with Crippen molar-refractivity contribution in [3.8, 4) is 5.69 Å². The van der Waals surface area contributed by atoms with Crippen LogP contribution in [0.4, 0.5) is 0 Å². The molecule has 0 amide bonds. The molecule has 3 aromatic rings.